The highest BCUT2D eigenvalue weighted by atomic mass is 15.2. The molecular formula is C15H28N2. The second kappa shape index (κ2) is 4.89. The monoisotopic (exact) mass is 236 g/mol. The smallest absolute Gasteiger partial charge is 0.00927 e. The predicted octanol–water partition coefficient (Wildman–Crippen LogP) is 2.64. The fourth-order valence-corrected chi connectivity index (χ4v) is 4.27. The Labute approximate surface area is 106 Å². The van der Waals surface area contributed by atoms with E-state index in [0.717, 1.165) is 17.4 Å². The van der Waals surface area contributed by atoms with Gasteiger partial charge in [0.1, 0.15) is 0 Å². The van der Waals surface area contributed by atoms with E-state index in [1.165, 1.54) is 71.1 Å². The first-order valence-electron chi connectivity index (χ1n) is 7.79. The van der Waals surface area contributed by atoms with Crippen LogP contribution in [0.25, 0.3) is 0 Å². The van der Waals surface area contributed by atoms with Crippen molar-refractivity contribution in [2.45, 2.75) is 57.9 Å². The van der Waals surface area contributed by atoms with Gasteiger partial charge in [-0.05, 0) is 69.5 Å². The molecule has 0 radical (unpaired) electrons. The van der Waals surface area contributed by atoms with Crippen molar-refractivity contribution in [2.24, 2.45) is 11.3 Å². The molecule has 3 aliphatic rings. The van der Waals surface area contributed by atoms with Crippen molar-refractivity contribution < 1.29 is 0 Å². The summed E-state index contributed by atoms with van der Waals surface area (Å²) in [4.78, 5) is 2.82. The molecule has 2 heterocycles. The molecule has 3 fully saturated rings. The molecule has 0 amide bonds. The van der Waals surface area contributed by atoms with Crippen molar-refractivity contribution in [3.63, 3.8) is 0 Å². The fraction of sp³-hybridized carbons (Fsp3) is 1.00. The molecule has 1 N–H and O–H groups in total. The number of hydrogen-bond acceptors (Lipinski definition) is 2. The standard InChI is InChI=1S/C15H28N2/c1-2-14-5-3-4-10-17(14)12-13-11-15(13)6-8-16-9-7-15/h13-14,16H,2-12H2,1H3. The number of piperidine rings is 2. The lowest BCUT2D eigenvalue weighted by Crippen LogP contribution is -2.41. The molecule has 1 aliphatic carbocycles. The van der Waals surface area contributed by atoms with Crippen LogP contribution < -0.4 is 5.32 Å². The van der Waals surface area contributed by atoms with Gasteiger partial charge >= 0.3 is 0 Å². The molecule has 2 unspecified atom stereocenters. The van der Waals surface area contributed by atoms with Gasteiger partial charge in [0.25, 0.3) is 0 Å². The zero-order valence-corrected chi connectivity index (χ0v) is 11.4. The number of hydrogen-bond donors (Lipinski definition) is 1. The zero-order valence-electron chi connectivity index (χ0n) is 11.4. The van der Waals surface area contributed by atoms with Crippen LogP contribution in [0.5, 0.6) is 0 Å². The van der Waals surface area contributed by atoms with Gasteiger partial charge in [0.05, 0.1) is 0 Å². The van der Waals surface area contributed by atoms with Gasteiger partial charge in [-0.25, -0.2) is 0 Å². The summed E-state index contributed by atoms with van der Waals surface area (Å²) in [6, 6.07) is 0.906. The van der Waals surface area contributed by atoms with Crippen LogP contribution in [0.2, 0.25) is 0 Å². The third-order valence-electron chi connectivity index (χ3n) is 5.63. The van der Waals surface area contributed by atoms with Crippen molar-refractivity contribution in [3.05, 3.63) is 0 Å². The van der Waals surface area contributed by atoms with Crippen LogP contribution in [-0.4, -0.2) is 37.1 Å². The van der Waals surface area contributed by atoms with E-state index in [-0.39, 0.29) is 0 Å². The lowest BCUT2D eigenvalue weighted by molar-refractivity contribution is 0.127. The summed E-state index contributed by atoms with van der Waals surface area (Å²) >= 11 is 0. The molecule has 17 heavy (non-hydrogen) atoms. The molecule has 98 valence electrons. The molecule has 2 aliphatic heterocycles. The van der Waals surface area contributed by atoms with E-state index in [1.807, 2.05) is 0 Å². The van der Waals surface area contributed by atoms with Crippen molar-refractivity contribution in [1.82, 2.24) is 10.2 Å². The van der Waals surface area contributed by atoms with Gasteiger partial charge in [-0.15, -0.1) is 0 Å². The molecular weight excluding hydrogens is 208 g/mol. The molecule has 2 atom stereocenters. The van der Waals surface area contributed by atoms with E-state index in [9.17, 15) is 0 Å². The number of nitrogens with zero attached hydrogens (tertiary/aromatic N) is 1. The highest BCUT2D eigenvalue weighted by Gasteiger charge is 2.54. The zero-order chi connectivity index (χ0) is 11.7. The maximum atomic E-state index is 3.51. The summed E-state index contributed by atoms with van der Waals surface area (Å²) < 4.78 is 0. The molecule has 2 heteroatoms. The van der Waals surface area contributed by atoms with Crippen LogP contribution in [0.15, 0.2) is 0 Å². The SMILES string of the molecule is CCC1CCCCN1CC1CC12CCNCC2. The highest BCUT2D eigenvalue weighted by molar-refractivity contribution is 5.05. The first-order chi connectivity index (χ1) is 8.34. The Morgan fingerprint density at radius 1 is 1.24 bits per heavy atom. The summed E-state index contributed by atoms with van der Waals surface area (Å²) in [6.07, 6.45) is 10.2. The molecule has 0 aromatic heterocycles. The maximum Gasteiger partial charge on any atom is 0.00927 e. The van der Waals surface area contributed by atoms with Gasteiger partial charge in [0, 0.05) is 12.6 Å². The summed E-state index contributed by atoms with van der Waals surface area (Å²) in [5.74, 6) is 1.04. The van der Waals surface area contributed by atoms with E-state index in [1.54, 1.807) is 0 Å². The van der Waals surface area contributed by atoms with Gasteiger partial charge in [-0.3, -0.25) is 0 Å². The highest BCUT2D eigenvalue weighted by Crippen LogP contribution is 2.58. The van der Waals surface area contributed by atoms with Crippen LogP contribution in [-0.2, 0) is 0 Å². The second-order valence-corrected chi connectivity index (χ2v) is 6.57. The lowest BCUT2D eigenvalue weighted by Gasteiger charge is -2.36. The molecule has 1 saturated carbocycles. The minimum Gasteiger partial charge on any atom is -0.317 e. The molecule has 2 saturated heterocycles. The van der Waals surface area contributed by atoms with Gasteiger partial charge in [-0.2, -0.15) is 0 Å². The van der Waals surface area contributed by atoms with Gasteiger partial charge < -0.3 is 10.2 Å². The topological polar surface area (TPSA) is 15.3 Å². The second-order valence-electron chi connectivity index (χ2n) is 6.57. The normalized spacial score (nSPS) is 37.2. The van der Waals surface area contributed by atoms with Crippen LogP contribution in [0.3, 0.4) is 0 Å². The van der Waals surface area contributed by atoms with E-state index < -0.39 is 0 Å². The number of likely N-dealkylation sites (tertiary alicyclic amines) is 1. The van der Waals surface area contributed by atoms with E-state index in [4.69, 9.17) is 0 Å². The molecule has 1 spiro atoms. The van der Waals surface area contributed by atoms with Gasteiger partial charge in [0.15, 0.2) is 0 Å². The van der Waals surface area contributed by atoms with E-state index >= 15 is 0 Å². The summed E-state index contributed by atoms with van der Waals surface area (Å²) in [7, 11) is 0. The lowest BCUT2D eigenvalue weighted by atomic mass is 9.91. The Balaban J connectivity index is 1.53. The van der Waals surface area contributed by atoms with Crippen LogP contribution in [0.4, 0.5) is 0 Å². The largest absolute Gasteiger partial charge is 0.317 e. The van der Waals surface area contributed by atoms with Crippen molar-refractivity contribution >= 4 is 0 Å². The fourth-order valence-electron chi connectivity index (χ4n) is 4.27. The maximum absolute atomic E-state index is 3.51. The van der Waals surface area contributed by atoms with Crippen molar-refractivity contribution in [3.8, 4) is 0 Å². The molecule has 0 bridgehead atoms. The third kappa shape index (κ3) is 2.39. The average molecular weight is 236 g/mol. The minimum absolute atomic E-state index is 0.779. The molecule has 0 aromatic carbocycles. The Hall–Kier alpha value is -0.0800. The summed E-state index contributed by atoms with van der Waals surface area (Å²) in [5, 5.41) is 3.51. The molecule has 2 nitrogen and oxygen atoms in total. The van der Waals surface area contributed by atoms with Gasteiger partial charge in [-0.1, -0.05) is 13.3 Å². The van der Waals surface area contributed by atoms with Crippen molar-refractivity contribution in [1.29, 1.82) is 0 Å². The Morgan fingerprint density at radius 2 is 2.06 bits per heavy atom. The predicted molar refractivity (Wildman–Crippen MR) is 72.1 cm³/mol. The number of nitrogens with one attached hydrogen (secondary N) is 1. The first kappa shape index (κ1) is 12.0. The first-order valence-corrected chi connectivity index (χ1v) is 7.79. The van der Waals surface area contributed by atoms with Crippen molar-refractivity contribution in [2.75, 3.05) is 26.2 Å². The quantitative estimate of drug-likeness (QED) is 0.810. The average Bonchev–Trinajstić information content (AvgIpc) is 3.03. The van der Waals surface area contributed by atoms with Gasteiger partial charge in [0.2, 0.25) is 0 Å². The minimum atomic E-state index is 0.779. The van der Waals surface area contributed by atoms with E-state index in [0.29, 0.717) is 0 Å². The van der Waals surface area contributed by atoms with Crippen LogP contribution >= 0.6 is 0 Å². The van der Waals surface area contributed by atoms with E-state index in [2.05, 4.69) is 17.1 Å². The summed E-state index contributed by atoms with van der Waals surface area (Å²) in [6.45, 7) is 7.71. The molecule has 3 rings (SSSR count). The molecule has 0 aromatic rings. The Morgan fingerprint density at radius 3 is 2.82 bits per heavy atom. The number of rotatable bonds is 3. The van der Waals surface area contributed by atoms with Crippen LogP contribution in [0, 0.1) is 11.3 Å². The summed E-state index contributed by atoms with van der Waals surface area (Å²) in [5.41, 5.74) is 0.779. The Bertz CT molecular complexity index is 258. The third-order valence-corrected chi connectivity index (χ3v) is 5.63. The Kier molecular flexibility index (Phi) is 3.45. The van der Waals surface area contributed by atoms with Crippen LogP contribution in [0.1, 0.15) is 51.9 Å².